The Morgan fingerprint density at radius 1 is 1.10 bits per heavy atom. The Bertz CT molecular complexity index is 781. The molecule has 5 heteroatoms. The van der Waals surface area contributed by atoms with Crippen molar-refractivity contribution in [1.29, 1.82) is 0 Å². The van der Waals surface area contributed by atoms with Gasteiger partial charge in [0.15, 0.2) is 0 Å². The Kier molecular flexibility index (Phi) is 5.00. The van der Waals surface area contributed by atoms with E-state index in [9.17, 15) is 4.79 Å². The molecule has 0 aliphatic rings. The van der Waals surface area contributed by atoms with Crippen molar-refractivity contribution in [3.63, 3.8) is 0 Å². The fourth-order valence-corrected chi connectivity index (χ4v) is 2.21. The Hall–Kier alpha value is -2.27. The highest BCUT2D eigenvalue weighted by molar-refractivity contribution is 7.98. The fourth-order valence-electron chi connectivity index (χ4n) is 1.80. The number of fused-ring (bicyclic) bond motifs is 1. The number of benzene rings is 1. The van der Waals surface area contributed by atoms with E-state index in [0.29, 0.717) is 0 Å². The predicted molar refractivity (Wildman–Crippen MR) is 89.6 cm³/mol. The van der Waals surface area contributed by atoms with E-state index in [4.69, 9.17) is 5.73 Å². The first kappa shape index (κ1) is 15.1. The molecule has 3 rings (SSSR count). The molecule has 0 atom stereocenters. The summed E-state index contributed by atoms with van der Waals surface area (Å²) >= 11 is 1.72. The van der Waals surface area contributed by atoms with Crippen molar-refractivity contribution in [3.8, 4) is 0 Å². The summed E-state index contributed by atoms with van der Waals surface area (Å²) in [6.07, 6.45) is 3.73. The largest absolute Gasteiger partial charge is 0.399 e. The summed E-state index contributed by atoms with van der Waals surface area (Å²) in [6.45, 7) is 0. The van der Waals surface area contributed by atoms with E-state index >= 15 is 0 Å². The van der Waals surface area contributed by atoms with Gasteiger partial charge >= 0.3 is 0 Å². The molecule has 0 amide bonds. The summed E-state index contributed by atoms with van der Waals surface area (Å²) in [7, 11) is 1.72. The van der Waals surface area contributed by atoms with Crippen LogP contribution in [0.15, 0.2) is 64.4 Å². The quantitative estimate of drug-likeness (QED) is 0.554. The number of aryl methyl sites for hydroxylation is 1. The van der Waals surface area contributed by atoms with Crippen molar-refractivity contribution in [2.75, 3.05) is 12.0 Å². The lowest BCUT2D eigenvalue weighted by molar-refractivity contribution is 0.888. The Morgan fingerprint density at radius 3 is 2.48 bits per heavy atom. The number of nitrogen functional groups attached to an aromatic ring is 1. The molecule has 3 aromatic rings. The molecule has 0 unspecified atom stereocenters. The van der Waals surface area contributed by atoms with Crippen molar-refractivity contribution in [2.45, 2.75) is 4.90 Å². The second-order valence-electron chi connectivity index (χ2n) is 4.42. The average molecular weight is 299 g/mol. The molecule has 2 N–H and O–H groups in total. The normalized spacial score (nSPS) is 10.0. The zero-order valence-corrected chi connectivity index (χ0v) is 12.8. The second-order valence-corrected chi connectivity index (χ2v) is 5.30. The molecular formula is C16H17N3OS. The molecule has 0 bridgehead atoms. The number of hydrogen-bond acceptors (Lipinski definition) is 4. The summed E-state index contributed by atoms with van der Waals surface area (Å²) in [5.74, 6) is 0. The van der Waals surface area contributed by atoms with Crippen LogP contribution in [0.3, 0.4) is 0 Å². The third-order valence-corrected chi connectivity index (χ3v) is 3.73. The van der Waals surface area contributed by atoms with Crippen LogP contribution in [0.5, 0.6) is 0 Å². The number of aromatic nitrogens is 2. The van der Waals surface area contributed by atoms with Gasteiger partial charge in [-0.1, -0.05) is 0 Å². The molecule has 0 saturated carbocycles. The fraction of sp³-hybridized carbons (Fsp3) is 0.125. The number of nitrogens with two attached hydrogens (primary N) is 1. The van der Waals surface area contributed by atoms with Gasteiger partial charge < -0.3 is 5.73 Å². The highest BCUT2D eigenvalue weighted by atomic mass is 32.2. The number of nitrogens with zero attached hydrogens (tertiary/aromatic N) is 2. The van der Waals surface area contributed by atoms with Crippen molar-refractivity contribution < 1.29 is 0 Å². The lowest BCUT2D eigenvalue weighted by Crippen LogP contribution is -2.15. The Labute approximate surface area is 127 Å². The smallest absolute Gasteiger partial charge is 0.251 e. The molecule has 1 aromatic carbocycles. The van der Waals surface area contributed by atoms with Crippen molar-refractivity contribution in [2.24, 2.45) is 7.05 Å². The first-order chi connectivity index (χ1) is 10.1. The molecular weight excluding hydrogens is 282 g/mol. The van der Waals surface area contributed by atoms with E-state index in [1.165, 1.54) is 9.46 Å². The van der Waals surface area contributed by atoms with Crippen molar-refractivity contribution in [3.05, 3.63) is 65.1 Å². The first-order valence-electron chi connectivity index (χ1n) is 6.42. The van der Waals surface area contributed by atoms with Gasteiger partial charge in [-0.05, 0) is 48.7 Å². The molecule has 0 spiro atoms. The van der Waals surface area contributed by atoms with Gasteiger partial charge in [0.25, 0.3) is 5.56 Å². The van der Waals surface area contributed by atoms with E-state index < -0.39 is 0 Å². The van der Waals surface area contributed by atoms with Gasteiger partial charge in [-0.2, -0.15) is 0 Å². The van der Waals surface area contributed by atoms with Gasteiger partial charge in [0, 0.05) is 35.3 Å². The van der Waals surface area contributed by atoms with Gasteiger partial charge in [0.2, 0.25) is 0 Å². The van der Waals surface area contributed by atoms with E-state index in [-0.39, 0.29) is 5.56 Å². The molecule has 0 fully saturated rings. The predicted octanol–water partition coefficient (Wildman–Crippen LogP) is 2.92. The minimum absolute atomic E-state index is 0.0267. The van der Waals surface area contributed by atoms with E-state index in [2.05, 4.69) is 4.98 Å². The zero-order valence-electron chi connectivity index (χ0n) is 12.0. The summed E-state index contributed by atoms with van der Waals surface area (Å²) in [5.41, 5.74) is 7.00. The van der Waals surface area contributed by atoms with Crippen LogP contribution >= 0.6 is 11.8 Å². The number of pyridine rings is 2. The molecule has 0 aliphatic heterocycles. The molecule has 21 heavy (non-hydrogen) atoms. The number of rotatable bonds is 1. The maximum atomic E-state index is 11.2. The van der Waals surface area contributed by atoms with Crippen LogP contribution in [-0.2, 0) is 7.05 Å². The molecule has 2 heterocycles. The van der Waals surface area contributed by atoms with Crippen LogP contribution in [-0.4, -0.2) is 15.8 Å². The second kappa shape index (κ2) is 6.95. The van der Waals surface area contributed by atoms with E-state index in [1.54, 1.807) is 37.1 Å². The van der Waals surface area contributed by atoms with Crippen LogP contribution in [0.2, 0.25) is 0 Å². The standard InChI is InChI=1S/C9H8N2O.C7H9NS/c1-11-8(12)5-4-7-3-2-6-10-9(7)11;1-9-7-4-2-6(8)3-5-7/h2-6H,1H3;2-5H,8H2,1H3. The van der Waals surface area contributed by atoms with Crippen LogP contribution in [0.25, 0.3) is 11.0 Å². The van der Waals surface area contributed by atoms with E-state index in [0.717, 1.165) is 16.7 Å². The maximum Gasteiger partial charge on any atom is 0.251 e. The van der Waals surface area contributed by atoms with Gasteiger partial charge in [0.05, 0.1) is 0 Å². The maximum absolute atomic E-state index is 11.2. The van der Waals surface area contributed by atoms with E-state index in [1.807, 2.05) is 42.7 Å². The van der Waals surface area contributed by atoms with Gasteiger partial charge in [-0.3, -0.25) is 9.36 Å². The highest BCUT2D eigenvalue weighted by Crippen LogP contribution is 2.15. The monoisotopic (exact) mass is 299 g/mol. The van der Waals surface area contributed by atoms with Gasteiger partial charge in [0.1, 0.15) is 5.65 Å². The molecule has 0 aliphatic carbocycles. The minimum atomic E-state index is -0.0267. The molecule has 0 saturated heterocycles. The third-order valence-electron chi connectivity index (χ3n) is 2.99. The first-order valence-corrected chi connectivity index (χ1v) is 7.64. The summed E-state index contributed by atoms with van der Waals surface area (Å²) in [4.78, 5) is 16.5. The van der Waals surface area contributed by atoms with Crippen LogP contribution in [0.1, 0.15) is 0 Å². The lowest BCUT2D eigenvalue weighted by Gasteiger charge is -2.00. The Morgan fingerprint density at radius 2 is 1.81 bits per heavy atom. The molecule has 2 aromatic heterocycles. The molecule has 4 nitrogen and oxygen atoms in total. The lowest BCUT2D eigenvalue weighted by atomic mass is 10.3. The third kappa shape index (κ3) is 3.86. The Balaban J connectivity index is 0.000000161. The topological polar surface area (TPSA) is 60.9 Å². The average Bonchev–Trinajstić information content (AvgIpc) is 2.53. The van der Waals surface area contributed by atoms with Crippen LogP contribution < -0.4 is 11.3 Å². The molecule has 108 valence electrons. The van der Waals surface area contributed by atoms with Crippen molar-refractivity contribution >= 4 is 28.5 Å². The SMILES string of the molecule is CSc1ccc(N)cc1.Cn1c(=O)ccc2cccnc21. The van der Waals surface area contributed by atoms with Crippen LogP contribution in [0.4, 0.5) is 5.69 Å². The molecule has 0 radical (unpaired) electrons. The van der Waals surface area contributed by atoms with Crippen LogP contribution in [0, 0.1) is 0 Å². The highest BCUT2D eigenvalue weighted by Gasteiger charge is 1.97. The minimum Gasteiger partial charge on any atom is -0.399 e. The number of anilines is 1. The van der Waals surface area contributed by atoms with Crippen molar-refractivity contribution in [1.82, 2.24) is 9.55 Å². The van der Waals surface area contributed by atoms with Gasteiger partial charge in [-0.15, -0.1) is 11.8 Å². The van der Waals surface area contributed by atoms with Gasteiger partial charge in [-0.25, -0.2) is 4.98 Å². The summed E-state index contributed by atoms with van der Waals surface area (Å²) in [5, 5.41) is 0.986. The zero-order chi connectivity index (χ0) is 15.2. The summed E-state index contributed by atoms with van der Waals surface area (Å²) < 4.78 is 1.54. The number of hydrogen-bond donors (Lipinski definition) is 1. The number of thioether (sulfide) groups is 1. The summed E-state index contributed by atoms with van der Waals surface area (Å²) in [6, 6.07) is 15.0.